The van der Waals surface area contributed by atoms with Gasteiger partial charge in [0.15, 0.2) is 0 Å². The minimum atomic E-state index is -4.37. The van der Waals surface area contributed by atoms with Gasteiger partial charge in [-0.2, -0.15) is 13.2 Å². The molecule has 0 amide bonds. The first-order valence-electron chi connectivity index (χ1n) is 4.68. The average Bonchev–Trinajstić information content (AvgIpc) is 2.10. The van der Waals surface area contributed by atoms with Crippen LogP contribution in [0.2, 0.25) is 0 Å². The molecule has 5 heteroatoms. The Morgan fingerprint density at radius 2 is 1.93 bits per heavy atom. The Balaban J connectivity index is 4.79. The van der Waals surface area contributed by atoms with Crippen LogP contribution in [0.3, 0.4) is 0 Å². The van der Waals surface area contributed by atoms with Gasteiger partial charge in [0.05, 0.1) is 5.92 Å². The summed E-state index contributed by atoms with van der Waals surface area (Å²) < 4.78 is 36.6. The number of hydrogen-bond donors (Lipinski definition) is 1. The molecule has 2 atom stereocenters. The Labute approximate surface area is 86.8 Å². The molecule has 0 aliphatic carbocycles. The van der Waals surface area contributed by atoms with E-state index in [-0.39, 0.29) is 0 Å². The smallest absolute Gasteiger partial charge is 0.412 e. The van der Waals surface area contributed by atoms with Crippen molar-refractivity contribution in [1.82, 2.24) is 0 Å². The summed E-state index contributed by atoms with van der Waals surface area (Å²) in [5, 5.41) is 8.69. The lowest BCUT2D eigenvalue weighted by molar-refractivity contribution is -0.142. The van der Waals surface area contributed by atoms with Crippen LogP contribution in [-0.2, 0) is 4.79 Å². The number of aliphatic carboxylic acids is 1. The van der Waals surface area contributed by atoms with Gasteiger partial charge in [-0.1, -0.05) is 19.9 Å². The minimum absolute atomic E-state index is 0.376. The van der Waals surface area contributed by atoms with Crippen LogP contribution in [0.15, 0.2) is 11.6 Å². The molecule has 88 valence electrons. The van der Waals surface area contributed by atoms with E-state index in [2.05, 4.69) is 0 Å². The number of rotatable bonds is 4. The summed E-state index contributed by atoms with van der Waals surface area (Å²) in [6.45, 7) is 4.04. The normalized spacial score (nSPS) is 17.3. The topological polar surface area (TPSA) is 37.3 Å². The van der Waals surface area contributed by atoms with E-state index < -0.39 is 29.6 Å². The molecule has 0 aliphatic rings. The first-order valence-corrected chi connectivity index (χ1v) is 4.68. The molecule has 0 saturated carbocycles. The summed E-state index contributed by atoms with van der Waals surface area (Å²) in [6, 6.07) is 0. The Morgan fingerprint density at radius 3 is 2.20 bits per heavy atom. The third kappa shape index (κ3) is 4.36. The summed E-state index contributed by atoms with van der Waals surface area (Å²) in [5.74, 6) is -2.45. The highest BCUT2D eigenvalue weighted by molar-refractivity contribution is 5.70. The quantitative estimate of drug-likeness (QED) is 0.744. The number of allylic oxidation sites excluding steroid dienone is 2. The third-order valence-electron chi connectivity index (χ3n) is 2.41. The number of alkyl halides is 3. The molecule has 0 aromatic heterocycles. The van der Waals surface area contributed by atoms with Crippen LogP contribution in [-0.4, -0.2) is 17.3 Å². The second-order valence-electron chi connectivity index (χ2n) is 3.55. The van der Waals surface area contributed by atoms with Crippen molar-refractivity contribution in [3.63, 3.8) is 0 Å². The highest BCUT2D eigenvalue weighted by atomic mass is 19.4. The number of carbonyl (C=O) groups is 1. The predicted molar refractivity (Wildman–Crippen MR) is 50.4 cm³/mol. The van der Waals surface area contributed by atoms with Crippen molar-refractivity contribution in [2.75, 3.05) is 0 Å². The molecular weight excluding hydrogens is 209 g/mol. The number of hydrogen-bond acceptors (Lipinski definition) is 1. The van der Waals surface area contributed by atoms with E-state index in [1.807, 2.05) is 0 Å². The SMILES string of the molecule is CCC(/C=C(/C)C(F)(F)F)C(C)C(=O)O. The van der Waals surface area contributed by atoms with Gasteiger partial charge >= 0.3 is 12.1 Å². The number of halogens is 3. The fraction of sp³-hybridized carbons (Fsp3) is 0.700. The van der Waals surface area contributed by atoms with E-state index >= 15 is 0 Å². The van der Waals surface area contributed by atoms with Crippen molar-refractivity contribution >= 4 is 5.97 Å². The van der Waals surface area contributed by atoms with Gasteiger partial charge in [-0.15, -0.1) is 0 Å². The first kappa shape index (κ1) is 14.0. The van der Waals surface area contributed by atoms with E-state index in [0.717, 1.165) is 13.0 Å². The zero-order valence-electron chi connectivity index (χ0n) is 8.93. The molecule has 15 heavy (non-hydrogen) atoms. The van der Waals surface area contributed by atoms with Crippen molar-refractivity contribution in [3.05, 3.63) is 11.6 Å². The molecule has 0 aliphatic heterocycles. The Kier molecular flexibility index (Phi) is 4.84. The van der Waals surface area contributed by atoms with Gasteiger partial charge in [-0.25, -0.2) is 0 Å². The monoisotopic (exact) mass is 224 g/mol. The maximum atomic E-state index is 12.2. The van der Waals surface area contributed by atoms with Crippen molar-refractivity contribution < 1.29 is 23.1 Å². The number of carboxylic acids is 1. The van der Waals surface area contributed by atoms with E-state index in [4.69, 9.17) is 5.11 Å². The van der Waals surface area contributed by atoms with E-state index in [1.54, 1.807) is 6.92 Å². The summed E-state index contributed by atoms with van der Waals surface area (Å²) in [5.41, 5.74) is -0.734. The largest absolute Gasteiger partial charge is 0.481 e. The second-order valence-corrected chi connectivity index (χ2v) is 3.55. The zero-order chi connectivity index (χ0) is 12.2. The van der Waals surface area contributed by atoms with Gasteiger partial charge in [0.25, 0.3) is 0 Å². The molecular formula is C10H15F3O2. The summed E-state index contributed by atoms with van der Waals surface area (Å²) in [6.07, 6.45) is -2.99. The van der Waals surface area contributed by atoms with Crippen LogP contribution in [0.1, 0.15) is 27.2 Å². The summed E-state index contributed by atoms with van der Waals surface area (Å²) in [4.78, 5) is 10.6. The van der Waals surface area contributed by atoms with Crippen LogP contribution in [0.5, 0.6) is 0 Å². The van der Waals surface area contributed by atoms with Crippen molar-refractivity contribution in [1.29, 1.82) is 0 Å². The molecule has 0 aromatic rings. The maximum Gasteiger partial charge on any atom is 0.412 e. The molecule has 0 bridgehead atoms. The Morgan fingerprint density at radius 1 is 1.47 bits per heavy atom. The summed E-state index contributed by atoms with van der Waals surface area (Å²) in [7, 11) is 0. The number of carboxylic acid groups (broad SMARTS) is 1. The molecule has 0 saturated heterocycles. The van der Waals surface area contributed by atoms with E-state index in [9.17, 15) is 18.0 Å². The molecule has 1 N–H and O–H groups in total. The standard InChI is InChI=1S/C10H15F3O2/c1-4-8(7(3)9(14)15)5-6(2)10(11,12)13/h5,7-8H,4H2,1-3H3,(H,14,15)/b6-5-. The average molecular weight is 224 g/mol. The third-order valence-corrected chi connectivity index (χ3v) is 2.41. The maximum absolute atomic E-state index is 12.2. The van der Waals surface area contributed by atoms with Crippen LogP contribution in [0.25, 0.3) is 0 Å². The predicted octanol–water partition coefficient (Wildman–Crippen LogP) is 3.24. The van der Waals surface area contributed by atoms with Gasteiger partial charge in [0, 0.05) is 5.57 Å². The fourth-order valence-corrected chi connectivity index (χ4v) is 1.21. The van der Waals surface area contributed by atoms with Crippen molar-refractivity contribution in [3.8, 4) is 0 Å². The molecule has 0 aromatic carbocycles. The van der Waals surface area contributed by atoms with Gasteiger partial charge in [0.2, 0.25) is 0 Å². The summed E-state index contributed by atoms with van der Waals surface area (Å²) >= 11 is 0. The van der Waals surface area contributed by atoms with Crippen molar-refractivity contribution in [2.24, 2.45) is 11.8 Å². The first-order chi connectivity index (χ1) is 6.70. The van der Waals surface area contributed by atoms with Gasteiger partial charge < -0.3 is 5.11 Å². The molecule has 0 fully saturated rings. The highest BCUT2D eigenvalue weighted by Crippen LogP contribution is 2.28. The minimum Gasteiger partial charge on any atom is -0.481 e. The van der Waals surface area contributed by atoms with Crippen LogP contribution in [0.4, 0.5) is 13.2 Å². The molecule has 2 unspecified atom stereocenters. The van der Waals surface area contributed by atoms with E-state index in [1.165, 1.54) is 6.92 Å². The van der Waals surface area contributed by atoms with Gasteiger partial charge in [0.1, 0.15) is 0 Å². The molecule has 0 spiro atoms. The van der Waals surface area contributed by atoms with Gasteiger partial charge in [-0.3, -0.25) is 4.79 Å². The Hall–Kier alpha value is -1.00. The van der Waals surface area contributed by atoms with E-state index in [0.29, 0.717) is 6.42 Å². The van der Waals surface area contributed by atoms with Crippen LogP contribution >= 0.6 is 0 Å². The van der Waals surface area contributed by atoms with Crippen molar-refractivity contribution in [2.45, 2.75) is 33.4 Å². The molecule has 0 heterocycles. The molecule has 2 nitrogen and oxygen atoms in total. The van der Waals surface area contributed by atoms with Crippen LogP contribution in [0, 0.1) is 11.8 Å². The lowest BCUT2D eigenvalue weighted by Gasteiger charge is -2.17. The fourth-order valence-electron chi connectivity index (χ4n) is 1.21. The highest BCUT2D eigenvalue weighted by Gasteiger charge is 2.31. The van der Waals surface area contributed by atoms with Gasteiger partial charge in [-0.05, 0) is 19.3 Å². The zero-order valence-corrected chi connectivity index (χ0v) is 8.93. The second kappa shape index (κ2) is 5.19. The Bertz CT molecular complexity index is 256. The van der Waals surface area contributed by atoms with Crippen LogP contribution < -0.4 is 0 Å². The lowest BCUT2D eigenvalue weighted by Crippen LogP contribution is -2.20. The molecule has 0 radical (unpaired) electrons. The molecule has 0 rings (SSSR count). The lowest BCUT2D eigenvalue weighted by atomic mass is 9.90.